The molecule has 0 spiro atoms. The number of aromatic nitrogens is 2. The van der Waals surface area contributed by atoms with Crippen LogP contribution in [0.3, 0.4) is 0 Å². The van der Waals surface area contributed by atoms with Crippen molar-refractivity contribution in [3.8, 4) is 11.3 Å². The highest BCUT2D eigenvalue weighted by molar-refractivity contribution is 5.77. The van der Waals surface area contributed by atoms with Crippen molar-refractivity contribution in [3.63, 3.8) is 0 Å². The summed E-state index contributed by atoms with van der Waals surface area (Å²) in [4.78, 5) is 15.2. The molecule has 0 radical (unpaired) electrons. The molecule has 0 saturated heterocycles. The molecule has 3 heteroatoms. The van der Waals surface area contributed by atoms with E-state index in [1.807, 2.05) is 30.3 Å². The first-order valence-corrected chi connectivity index (χ1v) is 4.38. The predicted octanol–water partition coefficient (Wildman–Crippen LogP) is 2.21. The van der Waals surface area contributed by atoms with Crippen LogP contribution in [0.25, 0.3) is 11.3 Å². The molecule has 1 aromatic carbocycles. The molecule has 3 nitrogen and oxygen atoms in total. The Kier molecular flexibility index (Phi) is 2.14. The van der Waals surface area contributed by atoms with Crippen LogP contribution in [0, 0.1) is 0 Å². The van der Waals surface area contributed by atoms with E-state index >= 15 is 0 Å². The van der Waals surface area contributed by atoms with E-state index in [0.717, 1.165) is 11.3 Å². The minimum atomic E-state index is -0.0281. The molecular weight excluding hydrogens is 176 g/mol. The normalized spacial score (nSPS) is 10.1. The molecule has 1 aromatic heterocycles. The van der Waals surface area contributed by atoms with Gasteiger partial charge < -0.3 is 0 Å². The quantitative estimate of drug-likeness (QED) is 0.684. The van der Waals surface area contributed by atoms with Crippen LogP contribution in [-0.2, 0) is 0 Å². The smallest absolute Gasteiger partial charge is 0.228 e. The zero-order valence-corrected chi connectivity index (χ0v) is 7.84. The largest absolute Gasteiger partial charge is 0.276 e. The van der Waals surface area contributed by atoms with E-state index in [1.165, 1.54) is 17.8 Å². The van der Waals surface area contributed by atoms with Gasteiger partial charge in [0.15, 0.2) is 0 Å². The van der Waals surface area contributed by atoms with Gasteiger partial charge in [-0.2, -0.15) is 0 Å². The van der Waals surface area contributed by atoms with Gasteiger partial charge in [0.2, 0.25) is 5.91 Å². The van der Waals surface area contributed by atoms with Crippen LogP contribution < -0.4 is 0 Å². The molecule has 1 heterocycles. The summed E-state index contributed by atoms with van der Waals surface area (Å²) < 4.78 is 1.47. The van der Waals surface area contributed by atoms with Crippen LogP contribution in [0.4, 0.5) is 0 Å². The highest BCUT2D eigenvalue weighted by Gasteiger charge is 2.02. The number of nitrogens with zero attached hydrogens (tertiary/aromatic N) is 2. The highest BCUT2D eigenvalue weighted by atomic mass is 16.1. The number of benzene rings is 1. The molecule has 0 aliphatic rings. The van der Waals surface area contributed by atoms with Gasteiger partial charge in [0.05, 0.1) is 5.69 Å². The van der Waals surface area contributed by atoms with Crippen molar-refractivity contribution in [2.24, 2.45) is 0 Å². The number of rotatable bonds is 1. The molecule has 0 aliphatic heterocycles. The van der Waals surface area contributed by atoms with E-state index in [4.69, 9.17) is 0 Å². The van der Waals surface area contributed by atoms with Gasteiger partial charge in [-0.3, -0.25) is 9.36 Å². The van der Waals surface area contributed by atoms with E-state index < -0.39 is 0 Å². The van der Waals surface area contributed by atoms with Crippen molar-refractivity contribution in [3.05, 3.63) is 42.9 Å². The Morgan fingerprint density at radius 2 is 2.00 bits per heavy atom. The molecule has 0 unspecified atom stereocenters. The summed E-state index contributed by atoms with van der Waals surface area (Å²) in [7, 11) is 0. The van der Waals surface area contributed by atoms with Gasteiger partial charge in [-0.1, -0.05) is 30.3 Å². The number of carbonyl (C=O) groups is 1. The molecule has 70 valence electrons. The van der Waals surface area contributed by atoms with E-state index in [-0.39, 0.29) is 5.91 Å². The van der Waals surface area contributed by atoms with Crippen molar-refractivity contribution in [1.29, 1.82) is 0 Å². The maximum Gasteiger partial charge on any atom is 0.228 e. The first-order chi connectivity index (χ1) is 6.77. The standard InChI is InChI=1S/C11H10N2O/c1-9(14)13-7-11(12-8-13)10-5-3-2-4-6-10/h2-8H,1H3. The summed E-state index contributed by atoms with van der Waals surface area (Å²) in [6, 6.07) is 9.77. The molecule has 0 fully saturated rings. The molecule has 2 aromatic rings. The second-order valence-corrected chi connectivity index (χ2v) is 3.05. The Morgan fingerprint density at radius 3 is 2.57 bits per heavy atom. The van der Waals surface area contributed by atoms with Gasteiger partial charge in [-0.25, -0.2) is 4.98 Å². The third-order valence-electron chi connectivity index (χ3n) is 2.02. The molecule has 14 heavy (non-hydrogen) atoms. The molecular formula is C11H10N2O. The summed E-state index contributed by atoms with van der Waals surface area (Å²) in [5.74, 6) is -0.0281. The fourth-order valence-electron chi connectivity index (χ4n) is 1.25. The second-order valence-electron chi connectivity index (χ2n) is 3.05. The molecule has 0 aliphatic carbocycles. The molecule has 0 N–H and O–H groups in total. The Balaban J connectivity index is 2.39. The molecule has 0 amide bonds. The van der Waals surface area contributed by atoms with Gasteiger partial charge in [0.1, 0.15) is 6.33 Å². The minimum absolute atomic E-state index is 0.0281. The minimum Gasteiger partial charge on any atom is -0.276 e. The third kappa shape index (κ3) is 1.57. The topological polar surface area (TPSA) is 34.9 Å². The Bertz CT molecular complexity index is 445. The number of hydrogen-bond acceptors (Lipinski definition) is 2. The summed E-state index contributed by atoms with van der Waals surface area (Å²) >= 11 is 0. The van der Waals surface area contributed by atoms with Gasteiger partial charge in [-0.15, -0.1) is 0 Å². The molecule has 0 bridgehead atoms. The number of hydrogen-bond donors (Lipinski definition) is 0. The summed E-state index contributed by atoms with van der Waals surface area (Å²) in [5, 5.41) is 0. The van der Waals surface area contributed by atoms with Crippen molar-refractivity contribution in [2.45, 2.75) is 6.92 Å². The van der Waals surface area contributed by atoms with E-state index in [1.54, 1.807) is 6.20 Å². The molecule has 2 rings (SSSR count). The lowest BCUT2D eigenvalue weighted by atomic mass is 10.2. The summed E-state index contributed by atoms with van der Waals surface area (Å²) in [6.45, 7) is 1.51. The lowest BCUT2D eigenvalue weighted by Crippen LogP contribution is -2.00. The molecule has 0 atom stereocenters. The van der Waals surface area contributed by atoms with Gasteiger partial charge >= 0.3 is 0 Å². The average Bonchev–Trinajstić information content (AvgIpc) is 2.68. The van der Waals surface area contributed by atoms with Crippen molar-refractivity contribution < 1.29 is 4.79 Å². The van der Waals surface area contributed by atoms with Crippen LogP contribution in [-0.4, -0.2) is 15.5 Å². The Morgan fingerprint density at radius 1 is 1.29 bits per heavy atom. The van der Waals surface area contributed by atoms with Crippen molar-refractivity contribution >= 4 is 5.91 Å². The van der Waals surface area contributed by atoms with Crippen LogP contribution in [0.2, 0.25) is 0 Å². The van der Waals surface area contributed by atoms with E-state index in [2.05, 4.69) is 4.98 Å². The van der Waals surface area contributed by atoms with Crippen molar-refractivity contribution in [1.82, 2.24) is 9.55 Å². The van der Waals surface area contributed by atoms with Gasteiger partial charge in [-0.05, 0) is 0 Å². The lowest BCUT2D eigenvalue weighted by molar-refractivity contribution is 0.0936. The van der Waals surface area contributed by atoms with Gasteiger partial charge in [0.25, 0.3) is 0 Å². The highest BCUT2D eigenvalue weighted by Crippen LogP contribution is 2.15. The van der Waals surface area contributed by atoms with Crippen molar-refractivity contribution in [2.75, 3.05) is 0 Å². The first kappa shape index (κ1) is 8.69. The predicted molar refractivity (Wildman–Crippen MR) is 54.0 cm³/mol. The van der Waals surface area contributed by atoms with E-state index in [0.29, 0.717) is 0 Å². The lowest BCUT2D eigenvalue weighted by Gasteiger charge is -1.93. The molecule has 0 saturated carbocycles. The second kappa shape index (κ2) is 3.46. The first-order valence-electron chi connectivity index (χ1n) is 4.38. The SMILES string of the molecule is CC(=O)n1cnc(-c2ccccc2)c1. The van der Waals surface area contributed by atoms with Crippen LogP contribution in [0.15, 0.2) is 42.9 Å². The Hall–Kier alpha value is -1.90. The van der Waals surface area contributed by atoms with Crippen LogP contribution >= 0.6 is 0 Å². The fraction of sp³-hybridized carbons (Fsp3) is 0.0909. The third-order valence-corrected chi connectivity index (χ3v) is 2.02. The van der Waals surface area contributed by atoms with Crippen LogP contribution in [0.5, 0.6) is 0 Å². The number of imidazole rings is 1. The maximum absolute atomic E-state index is 11.0. The summed E-state index contributed by atoms with van der Waals surface area (Å²) in [5.41, 5.74) is 1.84. The summed E-state index contributed by atoms with van der Waals surface area (Å²) in [6.07, 6.45) is 3.27. The fourth-order valence-corrected chi connectivity index (χ4v) is 1.25. The maximum atomic E-state index is 11.0. The van der Waals surface area contributed by atoms with Crippen LogP contribution in [0.1, 0.15) is 11.7 Å². The van der Waals surface area contributed by atoms with Gasteiger partial charge in [0, 0.05) is 18.7 Å². The number of carbonyl (C=O) groups excluding carboxylic acids is 1. The van der Waals surface area contributed by atoms with E-state index in [9.17, 15) is 4.79 Å². The monoisotopic (exact) mass is 186 g/mol. The zero-order valence-electron chi connectivity index (χ0n) is 7.84. The Labute approximate surface area is 82.0 Å². The zero-order chi connectivity index (χ0) is 9.97. The average molecular weight is 186 g/mol.